The van der Waals surface area contributed by atoms with Gasteiger partial charge in [-0.3, -0.25) is 4.79 Å². The highest BCUT2D eigenvalue weighted by Gasteiger charge is 2.19. The zero-order valence-electron chi connectivity index (χ0n) is 11.3. The Kier molecular flexibility index (Phi) is 4.67. The highest BCUT2D eigenvalue weighted by Crippen LogP contribution is 2.39. The van der Waals surface area contributed by atoms with Crippen molar-refractivity contribution in [3.8, 4) is 5.75 Å². The minimum atomic E-state index is -0.517. The molecule has 0 spiro atoms. The molecule has 0 aliphatic heterocycles. The SMILES string of the molecule is Cc1ccc(NC(=O)c2cc(Cl)c(Cl)c(Cl)c2O)cc1C. The van der Waals surface area contributed by atoms with Crippen LogP contribution in [-0.4, -0.2) is 11.0 Å². The van der Waals surface area contributed by atoms with E-state index in [1.54, 1.807) is 6.07 Å². The van der Waals surface area contributed by atoms with Crippen molar-refractivity contribution in [2.75, 3.05) is 5.32 Å². The van der Waals surface area contributed by atoms with Crippen LogP contribution in [0.5, 0.6) is 5.75 Å². The molecule has 2 N–H and O–H groups in total. The van der Waals surface area contributed by atoms with E-state index in [1.165, 1.54) is 6.07 Å². The smallest absolute Gasteiger partial charge is 0.259 e. The number of amides is 1. The topological polar surface area (TPSA) is 49.3 Å². The number of phenols is 1. The largest absolute Gasteiger partial charge is 0.505 e. The van der Waals surface area contributed by atoms with E-state index in [1.807, 2.05) is 26.0 Å². The fourth-order valence-corrected chi connectivity index (χ4v) is 2.38. The maximum atomic E-state index is 12.2. The molecule has 110 valence electrons. The molecule has 2 aromatic rings. The van der Waals surface area contributed by atoms with Crippen molar-refractivity contribution in [2.24, 2.45) is 0 Å². The van der Waals surface area contributed by atoms with Crippen LogP contribution in [-0.2, 0) is 0 Å². The summed E-state index contributed by atoms with van der Waals surface area (Å²) < 4.78 is 0. The zero-order chi connectivity index (χ0) is 15.7. The predicted octanol–water partition coefficient (Wildman–Crippen LogP) is 5.22. The van der Waals surface area contributed by atoms with Crippen LogP contribution >= 0.6 is 34.8 Å². The molecule has 0 unspecified atom stereocenters. The van der Waals surface area contributed by atoms with Crippen molar-refractivity contribution in [3.63, 3.8) is 0 Å². The fraction of sp³-hybridized carbons (Fsp3) is 0.133. The van der Waals surface area contributed by atoms with Crippen LogP contribution in [0.15, 0.2) is 24.3 Å². The Hall–Kier alpha value is -1.42. The molecule has 0 bridgehead atoms. The number of halogens is 3. The molecule has 0 saturated heterocycles. The molecule has 21 heavy (non-hydrogen) atoms. The van der Waals surface area contributed by atoms with Gasteiger partial charge in [0.1, 0.15) is 10.8 Å². The Morgan fingerprint density at radius 2 is 1.71 bits per heavy atom. The lowest BCUT2D eigenvalue weighted by atomic mass is 10.1. The highest BCUT2D eigenvalue weighted by molar-refractivity contribution is 6.49. The van der Waals surface area contributed by atoms with Crippen LogP contribution in [0.1, 0.15) is 21.5 Å². The molecule has 0 saturated carbocycles. The summed E-state index contributed by atoms with van der Waals surface area (Å²) >= 11 is 17.5. The number of anilines is 1. The molecular formula is C15H12Cl3NO2. The molecule has 0 radical (unpaired) electrons. The zero-order valence-corrected chi connectivity index (χ0v) is 13.6. The first-order valence-corrected chi connectivity index (χ1v) is 7.19. The van der Waals surface area contributed by atoms with Crippen molar-refractivity contribution in [2.45, 2.75) is 13.8 Å². The van der Waals surface area contributed by atoms with Crippen LogP contribution in [0.25, 0.3) is 0 Å². The Morgan fingerprint density at radius 1 is 1.05 bits per heavy atom. The van der Waals surface area contributed by atoms with E-state index in [0.29, 0.717) is 5.69 Å². The Balaban J connectivity index is 2.35. The van der Waals surface area contributed by atoms with Gasteiger partial charge in [0.15, 0.2) is 0 Å². The molecule has 0 aromatic heterocycles. The number of carbonyl (C=O) groups is 1. The minimum absolute atomic E-state index is 0.0126. The number of aryl methyl sites for hydroxylation is 2. The van der Waals surface area contributed by atoms with Gasteiger partial charge in [0.25, 0.3) is 5.91 Å². The van der Waals surface area contributed by atoms with Crippen molar-refractivity contribution in [1.82, 2.24) is 0 Å². The highest BCUT2D eigenvalue weighted by atomic mass is 35.5. The molecule has 2 aromatic carbocycles. The summed E-state index contributed by atoms with van der Waals surface area (Å²) in [5, 5.41) is 12.6. The summed E-state index contributed by atoms with van der Waals surface area (Å²) in [5.74, 6) is -0.913. The number of rotatable bonds is 2. The number of benzene rings is 2. The first-order valence-electron chi connectivity index (χ1n) is 6.06. The quantitative estimate of drug-likeness (QED) is 0.734. The van der Waals surface area contributed by atoms with E-state index in [2.05, 4.69) is 5.32 Å². The summed E-state index contributed by atoms with van der Waals surface area (Å²) in [4.78, 5) is 12.2. The van der Waals surface area contributed by atoms with Crippen molar-refractivity contribution in [3.05, 3.63) is 56.0 Å². The Morgan fingerprint density at radius 3 is 2.33 bits per heavy atom. The lowest BCUT2D eigenvalue weighted by Crippen LogP contribution is -2.12. The third-order valence-corrected chi connectivity index (χ3v) is 4.40. The van der Waals surface area contributed by atoms with Crippen LogP contribution in [0.4, 0.5) is 5.69 Å². The number of aromatic hydroxyl groups is 1. The van der Waals surface area contributed by atoms with Gasteiger partial charge in [-0.15, -0.1) is 0 Å². The molecule has 3 nitrogen and oxygen atoms in total. The summed E-state index contributed by atoms with van der Waals surface area (Å²) in [7, 11) is 0. The van der Waals surface area contributed by atoms with Gasteiger partial charge in [0, 0.05) is 5.69 Å². The molecular weight excluding hydrogens is 333 g/mol. The third kappa shape index (κ3) is 3.26. The second-order valence-electron chi connectivity index (χ2n) is 4.64. The van der Waals surface area contributed by atoms with Gasteiger partial charge in [-0.05, 0) is 43.2 Å². The number of carbonyl (C=O) groups excluding carboxylic acids is 1. The number of hydrogen-bond donors (Lipinski definition) is 2. The summed E-state index contributed by atoms with van der Waals surface area (Å²) in [6, 6.07) is 6.79. The molecule has 0 atom stereocenters. The first kappa shape index (κ1) is 16.0. The van der Waals surface area contributed by atoms with Gasteiger partial charge < -0.3 is 10.4 Å². The molecule has 0 heterocycles. The monoisotopic (exact) mass is 343 g/mol. The van der Waals surface area contributed by atoms with E-state index in [9.17, 15) is 9.90 Å². The standard InChI is InChI=1S/C15H12Cl3NO2/c1-7-3-4-9(5-8(7)2)19-15(21)10-6-11(16)12(17)13(18)14(10)20/h3-6,20H,1-2H3,(H,19,21). The average molecular weight is 345 g/mol. The van der Waals surface area contributed by atoms with E-state index in [0.717, 1.165) is 11.1 Å². The van der Waals surface area contributed by atoms with Crippen molar-refractivity contribution >= 4 is 46.4 Å². The van der Waals surface area contributed by atoms with Gasteiger partial charge in [-0.1, -0.05) is 40.9 Å². The van der Waals surface area contributed by atoms with Crippen molar-refractivity contribution in [1.29, 1.82) is 0 Å². The average Bonchev–Trinajstić information content (AvgIpc) is 2.44. The van der Waals surface area contributed by atoms with Gasteiger partial charge in [-0.2, -0.15) is 0 Å². The lowest BCUT2D eigenvalue weighted by Gasteiger charge is -2.11. The predicted molar refractivity (Wildman–Crippen MR) is 87.0 cm³/mol. The van der Waals surface area contributed by atoms with E-state index in [4.69, 9.17) is 34.8 Å². The number of hydrogen-bond acceptors (Lipinski definition) is 2. The second-order valence-corrected chi connectivity index (χ2v) is 5.80. The molecule has 1 amide bonds. The molecule has 0 aliphatic rings. The first-order chi connectivity index (χ1) is 9.81. The third-order valence-electron chi connectivity index (χ3n) is 3.15. The lowest BCUT2D eigenvalue weighted by molar-refractivity contribution is 0.102. The van der Waals surface area contributed by atoms with Crippen LogP contribution in [0.2, 0.25) is 15.1 Å². The second kappa shape index (κ2) is 6.14. The fourth-order valence-electron chi connectivity index (χ4n) is 1.78. The van der Waals surface area contributed by atoms with E-state index in [-0.39, 0.29) is 20.6 Å². The Labute approximate surface area is 137 Å². The Bertz CT molecular complexity index is 729. The summed E-state index contributed by atoms with van der Waals surface area (Å²) in [6.45, 7) is 3.92. The molecule has 0 aliphatic carbocycles. The van der Waals surface area contributed by atoms with Gasteiger partial charge in [0.05, 0.1) is 15.6 Å². The maximum absolute atomic E-state index is 12.2. The van der Waals surface area contributed by atoms with Crippen LogP contribution in [0.3, 0.4) is 0 Å². The van der Waals surface area contributed by atoms with E-state index < -0.39 is 11.7 Å². The maximum Gasteiger partial charge on any atom is 0.259 e. The van der Waals surface area contributed by atoms with Gasteiger partial charge >= 0.3 is 0 Å². The number of nitrogens with one attached hydrogen (secondary N) is 1. The molecule has 6 heteroatoms. The number of phenolic OH excluding ortho intramolecular Hbond substituents is 1. The molecule has 0 fully saturated rings. The van der Waals surface area contributed by atoms with Crippen LogP contribution in [0, 0.1) is 13.8 Å². The normalized spacial score (nSPS) is 10.5. The van der Waals surface area contributed by atoms with E-state index >= 15 is 0 Å². The van der Waals surface area contributed by atoms with Gasteiger partial charge in [-0.25, -0.2) is 0 Å². The van der Waals surface area contributed by atoms with Crippen molar-refractivity contribution < 1.29 is 9.90 Å². The minimum Gasteiger partial charge on any atom is -0.505 e. The van der Waals surface area contributed by atoms with Crippen LogP contribution < -0.4 is 5.32 Å². The summed E-state index contributed by atoms with van der Waals surface area (Å²) in [6.07, 6.45) is 0. The molecule has 2 rings (SSSR count). The summed E-state index contributed by atoms with van der Waals surface area (Å²) in [5.41, 5.74) is 2.75. The van der Waals surface area contributed by atoms with Gasteiger partial charge in [0.2, 0.25) is 0 Å².